The number of fused-ring (bicyclic) bond motifs is 2. The molecule has 0 aliphatic heterocycles. The average molecular weight is 296 g/mol. The molecule has 108 valence electrons. The van der Waals surface area contributed by atoms with Gasteiger partial charge in [0.25, 0.3) is 0 Å². The summed E-state index contributed by atoms with van der Waals surface area (Å²) in [5.41, 5.74) is 0.557. The number of para-hydroxylation sites is 1. The first-order chi connectivity index (χ1) is 10.6. The molecule has 22 heavy (non-hydrogen) atoms. The van der Waals surface area contributed by atoms with Gasteiger partial charge in [-0.15, -0.1) is 0 Å². The number of furan rings is 1. The highest BCUT2D eigenvalue weighted by atomic mass is 19.1. The van der Waals surface area contributed by atoms with Crippen molar-refractivity contribution in [3.8, 4) is 16.9 Å². The van der Waals surface area contributed by atoms with Gasteiger partial charge in [-0.05, 0) is 24.3 Å². The van der Waals surface area contributed by atoms with Crippen LogP contribution in [0.4, 0.5) is 4.39 Å². The van der Waals surface area contributed by atoms with Crippen molar-refractivity contribution in [2.45, 2.75) is 0 Å². The maximum Gasteiger partial charge on any atom is 0.344 e. The first-order valence-electron chi connectivity index (χ1n) is 6.57. The summed E-state index contributed by atoms with van der Waals surface area (Å²) in [7, 11) is 0. The molecule has 4 rings (SSSR count). The molecular weight excluding hydrogens is 287 g/mol. The molecule has 0 bridgehead atoms. The average Bonchev–Trinajstić information content (AvgIpc) is 2.95. The van der Waals surface area contributed by atoms with Crippen LogP contribution in [-0.2, 0) is 0 Å². The normalized spacial score (nSPS) is 11.3. The van der Waals surface area contributed by atoms with Crippen molar-refractivity contribution in [2.75, 3.05) is 0 Å². The minimum atomic E-state index is -0.946. The van der Waals surface area contributed by atoms with Crippen LogP contribution in [0, 0.1) is 5.82 Å². The van der Waals surface area contributed by atoms with Crippen LogP contribution < -0.4 is 5.63 Å². The zero-order chi connectivity index (χ0) is 15.3. The Labute approximate surface area is 123 Å². The van der Waals surface area contributed by atoms with Gasteiger partial charge >= 0.3 is 5.63 Å². The summed E-state index contributed by atoms with van der Waals surface area (Å²) in [6.45, 7) is 0. The molecule has 0 fully saturated rings. The molecule has 4 nitrogen and oxygen atoms in total. The zero-order valence-electron chi connectivity index (χ0n) is 11.2. The number of halogens is 1. The van der Waals surface area contributed by atoms with E-state index in [2.05, 4.69) is 0 Å². The van der Waals surface area contributed by atoms with Crippen LogP contribution in [0.15, 0.2) is 62.4 Å². The zero-order valence-corrected chi connectivity index (χ0v) is 11.2. The lowest BCUT2D eigenvalue weighted by atomic mass is 10.0. The van der Waals surface area contributed by atoms with Crippen LogP contribution in [-0.4, -0.2) is 5.11 Å². The third kappa shape index (κ3) is 1.72. The van der Waals surface area contributed by atoms with E-state index in [0.29, 0.717) is 16.5 Å². The van der Waals surface area contributed by atoms with Crippen LogP contribution in [0.25, 0.3) is 33.1 Å². The summed E-state index contributed by atoms with van der Waals surface area (Å²) in [5, 5.41) is 10.5. The molecule has 0 amide bonds. The number of aromatic hydroxyl groups is 1. The lowest BCUT2D eigenvalue weighted by Crippen LogP contribution is -2.03. The fourth-order valence-electron chi connectivity index (χ4n) is 2.51. The third-order valence-corrected chi connectivity index (χ3v) is 3.59. The Morgan fingerprint density at radius 1 is 1.05 bits per heavy atom. The number of rotatable bonds is 1. The van der Waals surface area contributed by atoms with Gasteiger partial charge in [0, 0.05) is 16.3 Å². The van der Waals surface area contributed by atoms with Gasteiger partial charge in [0.1, 0.15) is 5.58 Å². The fourth-order valence-corrected chi connectivity index (χ4v) is 2.51. The summed E-state index contributed by atoms with van der Waals surface area (Å²) in [5.74, 6) is -1.50. The van der Waals surface area contributed by atoms with Crippen molar-refractivity contribution in [3.05, 3.63) is 65.0 Å². The molecule has 1 N–H and O–H groups in total. The van der Waals surface area contributed by atoms with E-state index in [-0.39, 0.29) is 11.1 Å². The summed E-state index contributed by atoms with van der Waals surface area (Å²) in [6, 6.07) is 11.5. The third-order valence-electron chi connectivity index (χ3n) is 3.59. The number of benzene rings is 2. The molecular formula is C17H9FO4. The van der Waals surface area contributed by atoms with Crippen LogP contribution >= 0.6 is 0 Å². The van der Waals surface area contributed by atoms with E-state index >= 15 is 0 Å². The minimum absolute atomic E-state index is 0.262. The lowest BCUT2D eigenvalue weighted by molar-refractivity contribution is 0.425. The standard InChI is InChI=1S/C17H9FO4/c18-15-13(19)6-5-9-7-11(17(20)22-16(9)15)12-8-21-14-4-2-1-3-10(12)14/h1-8,19H. The summed E-state index contributed by atoms with van der Waals surface area (Å²) >= 11 is 0. The van der Waals surface area contributed by atoms with Crippen molar-refractivity contribution >= 4 is 21.9 Å². The molecule has 0 saturated carbocycles. The van der Waals surface area contributed by atoms with Crippen molar-refractivity contribution in [1.82, 2.24) is 0 Å². The minimum Gasteiger partial charge on any atom is -0.505 e. The van der Waals surface area contributed by atoms with Gasteiger partial charge in [0.15, 0.2) is 11.3 Å². The second kappa shape index (κ2) is 4.46. The van der Waals surface area contributed by atoms with E-state index in [1.807, 2.05) is 18.2 Å². The topological polar surface area (TPSA) is 63.6 Å². The molecule has 4 aromatic rings. The van der Waals surface area contributed by atoms with E-state index in [4.69, 9.17) is 8.83 Å². The molecule has 0 radical (unpaired) electrons. The molecule has 0 aliphatic rings. The first-order valence-corrected chi connectivity index (χ1v) is 6.57. The predicted octanol–water partition coefficient (Wildman–Crippen LogP) is 4.05. The van der Waals surface area contributed by atoms with Crippen LogP contribution in [0.2, 0.25) is 0 Å². The highest BCUT2D eigenvalue weighted by molar-refractivity contribution is 5.95. The largest absolute Gasteiger partial charge is 0.505 e. The summed E-state index contributed by atoms with van der Waals surface area (Å²) < 4.78 is 24.3. The molecule has 2 heterocycles. The number of hydrogen-bond donors (Lipinski definition) is 1. The lowest BCUT2D eigenvalue weighted by Gasteiger charge is -2.03. The van der Waals surface area contributed by atoms with Crippen LogP contribution in [0.5, 0.6) is 5.75 Å². The molecule has 0 atom stereocenters. The quantitative estimate of drug-likeness (QED) is 0.538. The number of phenols is 1. The van der Waals surface area contributed by atoms with Gasteiger partial charge in [-0.3, -0.25) is 0 Å². The predicted molar refractivity (Wildman–Crippen MR) is 79.3 cm³/mol. The van der Waals surface area contributed by atoms with Crippen LogP contribution in [0.3, 0.4) is 0 Å². The van der Waals surface area contributed by atoms with Crippen molar-refractivity contribution in [2.24, 2.45) is 0 Å². The molecule has 0 unspecified atom stereocenters. The molecule has 2 aromatic heterocycles. The Kier molecular flexibility index (Phi) is 2.56. The Bertz CT molecular complexity index is 1080. The molecule has 2 aromatic carbocycles. The smallest absolute Gasteiger partial charge is 0.344 e. The molecule has 5 heteroatoms. The maximum absolute atomic E-state index is 13.8. The van der Waals surface area contributed by atoms with Gasteiger partial charge in [0.05, 0.1) is 11.8 Å². The van der Waals surface area contributed by atoms with E-state index in [1.54, 1.807) is 6.07 Å². The van der Waals surface area contributed by atoms with E-state index in [0.717, 1.165) is 5.39 Å². The van der Waals surface area contributed by atoms with E-state index in [1.165, 1.54) is 24.5 Å². The van der Waals surface area contributed by atoms with Gasteiger partial charge < -0.3 is 13.9 Å². The highest BCUT2D eigenvalue weighted by Crippen LogP contribution is 2.31. The fraction of sp³-hybridized carbons (Fsp3) is 0. The van der Waals surface area contributed by atoms with Crippen molar-refractivity contribution in [3.63, 3.8) is 0 Å². The SMILES string of the molecule is O=c1oc2c(F)c(O)ccc2cc1-c1coc2ccccc12. The number of phenolic OH excluding ortho intramolecular Hbond substituents is 1. The van der Waals surface area contributed by atoms with Gasteiger partial charge in [-0.2, -0.15) is 4.39 Å². The Balaban J connectivity index is 2.06. The van der Waals surface area contributed by atoms with E-state index < -0.39 is 17.2 Å². The second-order valence-corrected chi connectivity index (χ2v) is 4.91. The van der Waals surface area contributed by atoms with E-state index in [9.17, 15) is 14.3 Å². The monoisotopic (exact) mass is 296 g/mol. The molecule has 0 spiro atoms. The van der Waals surface area contributed by atoms with Gasteiger partial charge in [-0.1, -0.05) is 18.2 Å². The number of hydrogen-bond acceptors (Lipinski definition) is 4. The Hall–Kier alpha value is -3.08. The summed E-state index contributed by atoms with van der Waals surface area (Å²) in [4.78, 5) is 12.2. The molecule has 0 aliphatic carbocycles. The Morgan fingerprint density at radius 3 is 2.73 bits per heavy atom. The van der Waals surface area contributed by atoms with Crippen molar-refractivity contribution in [1.29, 1.82) is 0 Å². The second-order valence-electron chi connectivity index (χ2n) is 4.91. The maximum atomic E-state index is 13.8. The van der Waals surface area contributed by atoms with Gasteiger partial charge in [-0.25, -0.2) is 4.79 Å². The van der Waals surface area contributed by atoms with Crippen LogP contribution in [0.1, 0.15) is 0 Å². The van der Waals surface area contributed by atoms with Crippen molar-refractivity contribution < 1.29 is 18.3 Å². The molecule has 0 saturated heterocycles. The summed E-state index contributed by atoms with van der Waals surface area (Å²) in [6.07, 6.45) is 1.47. The first kappa shape index (κ1) is 12.6. The van der Waals surface area contributed by atoms with Gasteiger partial charge in [0.2, 0.25) is 5.82 Å². The highest BCUT2D eigenvalue weighted by Gasteiger charge is 2.16. The Morgan fingerprint density at radius 2 is 1.86 bits per heavy atom.